The second-order valence-corrected chi connectivity index (χ2v) is 5.86. The van der Waals surface area contributed by atoms with E-state index < -0.39 is 15.6 Å². The van der Waals surface area contributed by atoms with Gasteiger partial charge >= 0.3 is 75.5 Å². The van der Waals surface area contributed by atoms with Crippen molar-refractivity contribution in [3.05, 3.63) is 60.7 Å². The second-order valence-electron chi connectivity index (χ2n) is 3.70. The summed E-state index contributed by atoms with van der Waals surface area (Å²) in [5.74, 6) is 0.0849. The van der Waals surface area contributed by atoms with Crippen LogP contribution < -0.4 is 28.6 Å². The number of rotatable bonds is 4. The van der Waals surface area contributed by atoms with Gasteiger partial charge in [-0.3, -0.25) is 0 Å². The van der Waals surface area contributed by atoms with Gasteiger partial charge in [-0.25, -0.2) is 0 Å². The molecule has 0 radical (unpaired) electrons. The van der Waals surface area contributed by atoms with Crippen molar-refractivity contribution < 1.29 is 37.8 Å². The smallest absolute Gasteiger partial charge is 0.780 e. The first kappa shape index (κ1) is 27.1. The monoisotopic (exact) mass is 424 g/mol. The van der Waals surface area contributed by atoms with E-state index in [0.29, 0.717) is 0 Å². The Bertz CT molecular complexity index is 600. The van der Waals surface area contributed by atoms with Gasteiger partial charge in [-0.05, 0) is 24.3 Å². The summed E-state index contributed by atoms with van der Waals surface area (Å²) in [6.07, 6.45) is 0. The molecular formula is C12H10Ca2O8P2. The molecule has 0 aromatic heterocycles. The van der Waals surface area contributed by atoms with Crippen LogP contribution in [0.3, 0.4) is 0 Å². The van der Waals surface area contributed by atoms with Gasteiger partial charge in [0.15, 0.2) is 0 Å². The van der Waals surface area contributed by atoms with E-state index in [4.69, 9.17) is 0 Å². The molecule has 0 saturated heterocycles. The fraction of sp³-hybridized carbons (Fsp3) is 0. The summed E-state index contributed by atoms with van der Waals surface area (Å²) in [6.45, 7) is 0. The van der Waals surface area contributed by atoms with E-state index in [9.17, 15) is 28.7 Å². The zero-order valence-corrected chi connectivity index (χ0v) is 18.6. The van der Waals surface area contributed by atoms with Crippen LogP contribution in [0.2, 0.25) is 0 Å². The first-order valence-electron chi connectivity index (χ1n) is 5.69. The summed E-state index contributed by atoms with van der Waals surface area (Å²) in [7, 11) is -9.78. The van der Waals surface area contributed by atoms with Crippen LogP contribution >= 0.6 is 15.6 Å². The maximum Gasteiger partial charge on any atom is 2.00 e. The molecule has 120 valence electrons. The van der Waals surface area contributed by atoms with Crippen molar-refractivity contribution in [2.75, 3.05) is 0 Å². The maximum atomic E-state index is 10.1. The molecule has 2 rings (SSSR count). The normalized spacial score (nSPS) is 10.2. The number of benzene rings is 2. The predicted molar refractivity (Wildman–Crippen MR) is 80.9 cm³/mol. The molecule has 0 aliphatic carbocycles. The zero-order valence-electron chi connectivity index (χ0n) is 12.3. The van der Waals surface area contributed by atoms with Crippen molar-refractivity contribution in [2.45, 2.75) is 0 Å². The Hall–Kier alpha value is 0.859. The van der Waals surface area contributed by atoms with Gasteiger partial charge in [-0.15, -0.1) is 0 Å². The molecule has 0 fully saturated rings. The molecule has 0 aliphatic heterocycles. The van der Waals surface area contributed by atoms with Crippen LogP contribution in [0.1, 0.15) is 0 Å². The van der Waals surface area contributed by atoms with Gasteiger partial charge in [0.1, 0.15) is 27.1 Å². The molecule has 2 aromatic rings. The van der Waals surface area contributed by atoms with Crippen molar-refractivity contribution >= 4 is 91.1 Å². The Morgan fingerprint density at radius 1 is 0.583 bits per heavy atom. The topological polar surface area (TPSA) is 145 Å². The van der Waals surface area contributed by atoms with Gasteiger partial charge in [0.05, 0.1) is 0 Å². The van der Waals surface area contributed by atoms with Crippen LogP contribution in [0, 0.1) is 0 Å². The van der Waals surface area contributed by atoms with Crippen molar-refractivity contribution in [3.8, 4) is 11.5 Å². The summed E-state index contributed by atoms with van der Waals surface area (Å²) in [5, 5.41) is 0. The van der Waals surface area contributed by atoms with Crippen LogP contribution in [0.15, 0.2) is 60.7 Å². The number of phosphoric acid groups is 2. The predicted octanol–water partition coefficient (Wildman–Crippen LogP) is -0.973. The molecule has 24 heavy (non-hydrogen) atoms. The minimum atomic E-state index is -4.89. The summed E-state index contributed by atoms with van der Waals surface area (Å²) in [4.78, 5) is 40.2. The Labute approximate surface area is 198 Å². The molecule has 0 atom stereocenters. The molecule has 0 heterocycles. The molecular weight excluding hydrogens is 414 g/mol. The van der Waals surface area contributed by atoms with Gasteiger partial charge in [-0.2, -0.15) is 0 Å². The standard InChI is InChI=1S/2C6H7O4P.2Ca/c2*7-11(8,9)10-6-4-2-1-3-5-6;;/h2*1-5H,(H2,7,8,9);;/q;;2*+2/p-4. The molecule has 0 spiro atoms. The fourth-order valence-corrected chi connectivity index (χ4v) is 1.98. The third kappa shape index (κ3) is 15.1. The molecule has 0 saturated carbocycles. The minimum Gasteiger partial charge on any atom is -0.780 e. The summed E-state index contributed by atoms with van der Waals surface area (Å²) in [5.41, 5.74) is 0. The Morgan fingerprint density at radius 2 is 0.833 bits per heavy atom. The Morgan fingerprint density at radius 3 is 1.04 bits per heavy atom. The van der Waals surface area contributed by atoms with Gasteiger partial charge in [0.25, 0.3) is 0 Å². The van der Waals surface area contributed by atoms with E-state index in [1.807, 2.05) is 0 Å². The Balaban J connectivity index is 0. The SMILES string of the molecule is O=P([O-])([O-])Oc1ccccc1.O=P([O-])([O-])Oc1ccccc1.[Ca+2].[Ca+2]. The molecule has 0 unspecified atom stereocenters. The maximum absolute atomic E-state index is 10.1. The quantitative estimate of drug-likeness (QED) is 0.450. The first-order chi connectivity index (χ1) is 10.2. The van der Waals surface area contributed by atoms with Crippen molar-refractivity contribution in [3.63, 3.8) is 0 Å². The molecule has 0 N–H and O–H groups in total. The number of para-hydroxylation sites is 2. The van der Waals surface area contributed by atoms with Crippen molar-refractivity contribution in [2.24, 2.45) is 0 Å². The van der Waals surface area contributed by atoms with Crippen LogP contribution in [0.25, 0.3) is 0 Å². The minimum absolute atomic E-state index is 0. The van der Waals surface area contributed by atoms with E-state index in [2.05, 4.69) is 9.05 Å². The van der Waals surface area contributed by atoms with Gasteiger partial charge in [0.2, 0.25) is 0 Å². The van der Waals surface area contributed by atoms with Crippen LogP contribution in [0.5, 0.6) is 11.5 Å². The van der Waals surface area contributed by atoms with Crippen LogP contribution in [-0.2, 0) is 9.13 Å². The van der Waals surface area contributed by atoms with E-state index >= 15 is 0 Å². The average Bonchev–Trinajstić information content (AvgIpc) is 2.38. The van der Waals surface area contributed by atoms with Gasteiger partial charge < -0.3 is 37.8 Å². The third-order valence-corrected chi connectivity index (χ3v) is 2.79. The second kappa shape index (κ2) is 13.1. The van der Waals surface area contributed by atoms with E-state index in [0.717, 1.165) is 0 Å². The van der Waals surface area contributed by atoms with E-state index in [1.165, 1.54) is 24.3 Å². The molecule has 0 aliphatic rings. The Kier molecular flexibility index (Phi) is 14.8. The number of hydrogen-bond donors (Lipinski definition) is 0. The van der Waals surface area contributed by atoms with E-state index in [-0.39, 0.29) is 87.0 Å². The summed E-state index contributed by atoms with van der Waals surface area (Å²) < 4.78 is 28.2. The first-order valence-corrected chi connectivity index (χ1v) is 8.61. The molecule has 8 nitrogen and oxygen atoms in total. The van der Waals surface area contributed by atoms with Crippen LogP contribution in [0.4, 0.5) is 0 Å². The van der Waals surface area contributed by atoms with Crippen molar-refractivity contribution in [1.82, 2.24) is 0 Å². The van der Waals surface area contributed by atoms with Gasteiger partial charge in [0, 0.05) is 0 Å². The largest absolute Gasteiger partial charge is 2.00 e. The van der Waals surface area contributed by atoms with Gasteiger partial charge in [-0.1, -0.05) is 36.4 Å². The van der Waals surface area contributed by atoms with E-state index in [1.54, 1.807) is 36.4 Å². The molecule has 2 aromatic carbocycles. The summed E-state index contributed by atoms with van der Waals surface area (Å²) in [6, 6.07) is 15.2. The zero-order chi connectivity index (χ0) is 16.6. The number of phosphoric ester groups is 2. The average molecular weight is 424 g/mol. The number of hydrogen-bond acceptors (Lipinski definition) is 8. The molecule has 0 amide bonds. The van der Waals surface area contributed by atoms with Crippen molar-refractivity contribution in [1.29, 1.82) is 0 Å². The summed E-state index contributed by atoms with van der Waals surface area (Å²) >= 11 is 0. The fourth-order valence-electron chi connectivity index (χ4n) is 1.22. The van der Waals surface area contributed by atoms with Crippen LogP contribution in [-0.4, -0.2) is 75.5 Å². The molecule has 0 bridgehead atoms. The third-order valence-electron chi connectivity index (χ3n) is 1.92. The molecule has 12 heteroatoms.